The van der Waals surface area contributed by atoms with Crippen LogP contribution in [0, 0.1) is 16.0 Å². The number of carbonyl (C=O) groups excluding carboxylic acids is 3. The normalized spacial score (nSPS) is 23.1. The maximum absolute atomic E-state index is 14.9. The molecule has 286 valence electrons. The summed E-state index contributed by atoms with van der Waals surface area (Å²) >= 11 is 0. The van der Waals surface area contributed by atoms with Gasteiger partial charge in [-0.1, -0.05) is 43.3 Å². The maximum Gasteiger partial charge on any atom is 0.269 e. The van der Waals surface area contributed by atoms with Crippen LogP contribution in [0.4, 0.5) is 17.1 Å². The second kappa shape index (κ2) is 14.7. The highest BCUT2D eigenvalue weighted by molar-refractivity contribution is 6.71. The molecule has 1 fully saturated rings. The quantitative estimate of drug-likeness (QED) is 0.107. The number of methoxy groups -OCH3 is 1. The van der Waals surface area contributed by atoms with Crippen molar-refractivity contribution in [3.05, 3.63) is 129 Å². The monoisotopic (exact) mass is 764 g/mol. The molecule has 5 atom stereocenters. The molecule has 0 radical (unpaired) electrons. The number of anilines is 2. The van der Waals surface area contributed by atoms with Crippen molar-refractivity contribution in [1.82, 2.24) is 4.90 Å². The Morgan fingerprint density at radius 1 is 1.04 bits per heavy atom. The molecular weight excluding hydrogens is 721 g/mol. The van der Waals surface area contributed by atoms with E-state index >= 15 is 0 Å². The number of nitrogens with one attached hydrogen (secondary N) is 1. The lowest BCUT2D eigenvalue weighted by Crippen LogP contribution is -2.48. The van der Waals surface area contributed by atoms with Crippen LogP contribution < -0.4 is 15.0 Å². The van der Waals surface area contributed by atoms with Gasteiger partial charge in [-0.05, 0) is 78.7 Å². The summed E-state index contributed by atoms with van der Waals surface area (Å²) in [4.78, 5) is 68.4. The summed E-state index contributed by atoms with van der Waals surface area (Å²) in [6.45, 7) is 5.50. The number of carbonyl (C=O) groups is 3. The minimum absolute atomic E-state index is 0.0910. The number of non-ortho nitro benzene ring substituents is 1. The van der Waals surface area contributed by atoms with Crippen molar-refractivity contribution in [2.24, 2.45) is 5.92 Å². The van der Waals surface area contributed by atoms with Crippen LogP contribution in [0.15, 0.2) is 91.0 Å². The third kappa shape index (κ3) is 6.90. The summed E-state index contributed by atoms with van der Waals surface area (Å²) in [7, 11) is -1.62. The minimum Gasteiger partial charge on any atom is -0.497 e. The second-order valence-corrected chi connectivity index (χ2v) is 19.1. The Bertz CT molecular complexity index is 2140. The van der Waals surface area contributed by atoms with Crippen molar-refractivity contribution in [2.75, 3.05) is 23.9 Å². The average Bonchev–Trinajstić information content (AvgIpc) is 3.60. The van der Waals surface area contributed by atoms with E-state index < -0.39 is 48.4 Å². The van der Waals surface area contributed by atoms with Gasteiger partial charge in [0.05, 0.1) is 49.4 Å². The van der Waals surface area contributed by atoms with E-state index in [1.54, 1.807) is 79.7 Å². The van der Waals surface area contributed by atoms with E-state index in [1.807, 2.05) is 31.2 Å². The second-order valence-electron chi connectivity index (χ2n) is 15.1. The number of nitro groups is 1. The maximum atomic E-state index is 14.9. The van der Waals surface area contributed by atoms with Gasteiger partial charge in [0, 0.05) is 47.0 Å². The molecule has 4 aromatic carbocycles. The number of aliphatic hydroxyl groups excluding tert-OH is 1. The summed E-state index contributed by atoms with van der Waals surface area (Å²) in [6.07, 6.45) is -0.530. The Morgan fingerprint density at radius 3 is 2.36 bits per heavy atom. The molecule has 3 heterocycles. The molecular formula is C41H44N4O9Si. The average molecular weight is 765 g/mol. The van der Waals surface area contributed by atoms with E-state index in [0.717, 1.165) is 16.7 Å². The summed E-state index contributed by atoms with van der Waals surface area (Å²) in [5.41, 5.74) is 2.03. The Kier molecular flexibility index (Phi) is 10.1. The third-order valence-corrected chi connectivity index (χ3v) is 13.8. The first-order valence-corrected chi connectivity index (χ1v) is 21.3. The van der Waals surface area contributed by atoms with Gasteiger partial charge in [0.2, 0.25) is 5.91 Å². The zero-order valence-corrected chi connectivity index (χ0v) is 32.1. The molecule has 3 amide bonds. The molecule has 0 saturated carbocycles. The molecule has 55 heavy (non-hydrogen) atoms. The molecule has 1 spiro atoms. The first-order valence-electron chi connectivity index (χ1n) is 18.3. The standard InChI is InChI=1S/C41H44N4O9Si/c1-25-38(55(3,4)52)36(21-37(47)43-23-29-8-6-5-7-28(29)19-32(43)24-46)54-41(25)34-20-31(45(50)51)15-18-35(34)44(40(41)49)22-26-9-13-30(14-10-26)42-39(48)27-11-16-33(53-2)17-12-27/h5-18,20,25,32,36,38,46,52H,19,21-24H2,1-4H3,(H,42,48)/t25-,32-,36+,38-,41+/m0/s1. The lowest BCUT2D eigenvalue weighted by Gasteiger charge is -2.37. The predicted molar refractivity (Wildman–Crippen MR) is 207 cm³/mol. The first kappa shape index (κ1) is 37.9. The minimum atomic E-state index is -3.17. The Balaban J connectivity index is 1.17. The number of aliphatic hydroxyl groups is 1. The number of rotatable bonds is 10. The first-order chi connectivity index (χ1) is 26.2. The number of fused-ring (bicyclic) bond motifs is 3. The fraction of sp³-hybridized carbons (Fsp3) is 0.341. The van der Waals surface area contributed by atoms with Gasteiger partial charge < -0.3 is 34.5 Å². The molecule has 3 aliphatic heterocycles. The molecule has 4 aromatic rings. The largest absolute Gasteiger partial charge is 0.497 e. The summed E-state index contributed by atoms with van der Waals surface area (Å²) in [6, 6.07) is 25.4. The summed E-state index contributed by atoms with van der Waals surface area (Å²) in [5, 5.41) is 25.2. The molecule has 3 N–H and O–H groups in total. The van der Waals surface area contributed by atoms with Crippen LogP contribution in [0.25, 0.3) is 0 Å². The van der Waals surface area contributed by atoms with Crippen molar-refractivity contribution >= 4 is 43.1 Å². The Labute approximate surface area is 319 Å². The fourth-order valence-corrected chi connectivity index (χ4v) is 11.2. The van der Waals surface area contributed by atoms with Crippen molar-refractivity contribution in [3.8, 4) is 5.75 Å². The van der Waals surface area contributed by atoms with E-state index in [9.17, 15) is 34.4 Å². The zero-order chi connectivity index (χ0) is 39.2. The van der Waals surface area contributed by atoms with Crippen LogP contribution in [0.5, 0.6) is 5.75 Å². The number of nitro benzene ring substituents is 1. The van der Waals surface area contributed by atoms with E-state index in [0.29, 0.717) is 41.2 Å². The van der Waals surface area contributed by atoms with Crippen LogP contribution in [-0.4, -0.2) is 71.6 Å². The topological polar surface area (TPSA) is 172 Å². The zero-order valence-electron chi connectivity index (χ0n) is 31.1. The van der Waals surface area contributed by atoms with Crippen LogP contribution >= 0.6 is 0 Å². The predicted octanol–water partition coefficient (Wildman–Crippen LogP) is 5.54. The van der Waals surface area contributed by atoms with E-state index in [2.05, 4.69) is 5.32 Å². The van der Waals surface area contributed by atoms with Gasteiger partial charge >= 0.3 is 0 Å². The molecule has 0 bridgehead atoms. The third-order valence-electron chi connectivity index (χ3n) is 11.3. The summed E-state index contributed by atoms with van der Waals surface area (Å²) in [5.74, 6) is -1.03. The number of hydrogen-bond donors (Lipinski definition) is 3. The van der Waals surface area contributed by atoms with Gasteiger partial charge in [0.15, 0.2) is 13.9 Å². The number of nitrogens with zero attached hydrogens (tertiary/aromatic N) is 3. The van der Waals surface area contributed by atoms with Crippen LogP contribution in [0.2, 0.25) is 18.6 Å². The van der Waals surface area contributed by atoms with Gasteiger partial charge in [-0.15, -0.1) is 0 Å². The van der Waals surface area contributed by atoms with Crippen LogP contribution in [0.1, 0.15) is 46.0 Å². The highest BCUT2D eigenvalue weighted by atomic mass is 28.4. The highest BCUT2D eigenvalue weighted by Crippen LogP contribution is 2.60. The lowest BCUT2D eigenvalue weighted by atomic mass is 9.82. The molecule has 0 aromatic heterocycles. The molecule has 3 aliphatic rings. The Morgan fingerprint density at radius 2 is 1.73 bits per heavy atom. The van der Waals surface area contributed by atoms with Gasteiger partial charge in [-0.3, -0.25) is 24.5 Å². The number of benzene rings is 4. The van der Waals surface area contributed by atoms with Crippen molar-refractivity contribution in [2.45, 2.75) is 69.2 Å². The van der Waals surface area contributed by atoms with Crippen molar-refractivity contribution in [1.29, 1.82) is 0 Å². The smallest absolute Gasteiger partial charge is 0.269 e. The van der Waals surface area contributed by atoms with Gasteiger partial charge in [-0.2, -0.15) is 0 Å². The van der Waals surface area contributed by atoms with Crippen LogP contribution in [0.3, 0.4) is 0 Å². The van der Waals surface area contributed by atoms with Gasteiger partial charge in [0.1, 0.15) is 5.75 Å². The molecule has 13 nitrogen and oxygen atoms in total. The summed E-state index contributed by atoms with van der Waals surface area (Å²) < 4.78 is 12.0. The van der Waals surface area contributed by atoms with Crippen molar-refractivity contribution in [3.63, 3.8) is 0 Å². The SMILES string of the molecule is COc1ccc(C(=O)Nc2ccc(CN3C(=O)[C@]4(O[C@H](CC(=O)N5Cc6ccccc6C[C@H]5CO)[C@@H]([Si](C)(C)O)[C@@H]4C)c4cc([N+](=O)[O-])ccc43)cc2)cc1. The fourth-order valence-electron chi connectivity index (χ4n) is 8.69. The van der Waals surface area contributed by atoms with Crippen LogP contribution in [-0.2, 0) is 39.4 Å². The van der Waals surface area contributed by atoms with Gasteiger partial charge in [0.25, 0.3) is 17.5 Å². The van der Waals surface area contributed by atoms with E-state index in [4.69, 9.17) is 9.47 Å². The molecule has 7 rings (SSSR count). The van der Waals surface area contributed by atoms with E-state index in [-0.39, 0.29) is 37.1 Å². The van der Waals surface area contributed by atoms with Crippen molar-refractivity contribution < 1.29 is 38.7 Å². The molecule has 1 saturated heterocycles. The number of amides is 3. The highest BCUT2D eigenvalue weighted by Gasteiger charge is 2.66. The lowest BCUT2D eigenvalue weighted by molar-refractivity contribution is -0.385. The molecule has 0 unspecified atom stereocenters. The Hall–Kier alpha value is -5.41. The molecule has 14 heteroatoms. The number of hydrogen-bond acceptors (Lipinski definition) is 9. The van der Waals surface area contributed by atoms with Gasteiger partial charge in [-0.25, -0.2) is 0 Å². The molecule has 0 aliphatic carbocycles. The number of ether oxygens (including phenoxy) is 2. The van der Waals surface area contributed by atoms with E-state index in [1.165, 1.54) is 17.0 Å².